The number of nitrogens with zero attached hydrogens (tertiary/aromatic N) is 3. The van der Waals surface area contributed by atoms with Crippen LogP contribution < -0.4 is 10.3 Å². The van der Waals surface area contributed by atoms with Gasteiger partial charge in [-0.05, 0) is 49.7 Å². The summed E-state index contributed by atoms with van der Waals surface area (Å²) < 4.78 is 13.0. The lowest BCUT2D eigenvalue weighted by atomic mass is 10.1. The number of para-hydroxylation sites is 1. The molecule has 0 bridgehead atoms. The fourth-order valence-corrected chi connectivity index (χ4v) is 3.81. The zero-order valence-corrected chi connectivity index (χ0v) is 17.8. The second kappa shape index (κ2) is 8.15. The first kappa shape index (κ1) is 19.8. The van der Waals surface area contributed by atoms with Gasteiger partial charge in [0.1, 0.15) is 5.75 Å². The van der Waals surface area contributed by atoms with Gasteiger partial charge < -0.3 is 9.26 Å². The smallest absolute Gasteiger partial charge is 0.262 e. The molecule has 0 aliphatic rings. The van der Waals surface area contributed by atoms with Crippen molar-refractivity contribution < 1.29 is 9.26 Å². The van der Waals surface area contributed by atoms with E-state index in [9.17, 15) is 4.79 Å². The molecule has 5 rings (SSSR count). The average Bonchev–Trinajstić information content (AvgIpc) is 3.30. The number of aromatic nitrogens is 3. The Hall–Kier alpha value is -4.19. The van der Waals surface area contributed by atoms with Crippen LogP contribution in [0, 0.1) is 6.92 Å². The third-order valence-corrected chi connectivity index (χ3v) is 5.29. The highest BCUT2D eigenvalue weighted by Crippen LogP contribution is 2.32. The molecule has 0 aliphatic carbocycles. The van der Waals surface area contributed by atoms with Crippen LogP contribution in [0.3, 0.4) is 0 Å². The summed E-state index contributed by atoms with van der Waals surface area (Å²) in [6.07, 6.45) is 1.77. The molecule has 0 spiro atoms. The number of hydrogen-bond donors (Lipinski definition) is 0. The van der Waals surface area contributed by atoms with E-state index in [1.54, 1.807) is 10.8 Å². The lowest BCUT2D eigenvalue weighted by molar-refractivity contribution is 0.341. The Balaban J connectivity index is 1.71. The van der Waals surface area contributed by atoms with Crippen LogP contribution >= 0.6 is 0 Å². The maximum absolute atomic E-state index is 13.2. The third-order valence-electron chi connectivity index (χ3n) is 5.29. The number of ether oxygens (including phenoxy) is 1. The Labute approximate surface area is 184 Å². The largest absolute Gasteiger partial charge is 0.493 e. The number of fused-ring (bicyclic) bond motifs is 1. The summed E-state index contributed by atoms with van der Waals surface area (Å²) in [5, 5.41) is 5.54. The Bertz CT molecular complexity index is 1480. The molecule has 0 aliphatic heterocycles. The van der Waals surface area contributed by atoms with Crippen molar-refractivity contribution in [2.24, 2.45) is 0 Å². The minimum Gasteiger partial charge on any atom is -0.493 e. The zero-order chi connectivity index (χ0) is 22.1. The van der Waals surface area contributed by atoms with Gasteiger partial charge in [-0.25, -0.2) is 0 Å². The van der Waals surface area contributed by atoms with Crippen LogP contribution in [0.15, 0.2) is 88.3 Å². The second-order valence-corrected chi connectivity index (χ2v) is 7.45. The zero-order valence-electron chi connectivity index (χ0n) is 17.8. The fraction of sp³-hybridized carbons (Fsp3) is 0.115. The summed E-state index contributed by atoms with van der Waals surface area (Å²) in [6, 6.07) is 22.8. The molecule has 0 amide bonds. The standard InChI is InChI=1S/C26H21N3O3/c1-3-31-23-14-7-6-13-21(23)24-27-25(32-28-24)22-16-29(18-10-8-9-17(2)15-18)26(30)20-12-5-4-11-19(20)22/h4-16H,3H2,1-2H3. The summed E-state index contributed by atoms with van der Waals surface area (Å²) in [6.45, 7) is 4.46. The van der Waals surface area contributed by atoms with E-state index in [0.29, 0.717) is 35.0 Å². The van der Waals surface area contributed by atoms with Crippen LogP contribution in [-0.4, -0.2) is 21.3 Å². The normalized spacial score (nSPS) is 11.1. The first-order valence-corrected chi connectivity index (χ1v) is 10.4. The van der Waals surface area contributed by atoms with Gasteiger partial charge in [0.15, 0.2) is 0 Å². The van der Waals surface area contributed by atoms with Crippen LogP contribution in [0.5, 0.6) is 5.75 Å². The topological polar surface area (TPSA) is 70.2 Å². The van der Waals surface area contributed by atoms with E-state index >= 15 is 0 Å². The monoisotopic (exact) mass is 423 g/mol. The molecule has 2 aromatic heterocycles. The van der Waals surface area contributed by atoms with Crippen molar-refractivity contribution in [3.8, 4) is 34.3 Å². The van der Waals surface area contributed by atoms with E-state index in [0.717, 1.165) is 22.2 Å². The molecular weight excluding hydrogens is 402 g/mol. The van der Waals surface area contributed by atoms with Crippen molar-refractivity contribution in [1.29, 1.82) is 0 Å². The van der Waals surface area contributed by atoms with Gasteiger partial charge in [0.2, 0.25) is 5.82 Å². The number of rotatable bonds is 5. The molecule has 158 valence electrons. The molecule has 5 aromatic rings. The van der Waals surface area contributed by atoms with Crippen LogP contribution in [0.4, 0.5) is 0 Å². The Morgan fingerprint density at radius 3 is 2.53 bits per heavy atom. The molecular formula is C26H21N3O3. The number of hydrogen-bond acceptors (Lipinski definition) is 5. The summed E-state index contributed by atoms with van der Waals surface area (Å²) in [7, 11) is 0. The molecule has 0 fully saturated rings. The molecule has 0 radical (unpaired) electrons. The van der Waals surface area contributed by atoms with Crippen molar-refractivity contribution in [3.05, 3.63) is 94.9 Å². The third kappa shape index (κ3) is 3.46. The summed E-state index contributed by atoms with van der Waals surface area (Å²) in [5.41, 5.74) is 3.19. The Morgan fingerprint density at radius 1 is 0.938 bits per heavy atom. The van der Waals surface area contributed by atoms with Gasteiger partial charge in [-0.3, -0.25) is 9.36 Å². The fourth-order valence-electron chi connectivity index (χ4n) is 3.81. The quantitative estimate of drug-likeness (QED) is 0.378. The highest BCUT2D eigenvalue weighted by molar-refractivity contribution is 5.94. The van der Waals surface area contributed by atoms with Gasteiger partial charge in [-0.15, -0.1) is 0 Å². The minimum atomic E-state index is -0.101. The molecule has 6 heteroatoms. The summed E-state index contributed by atoms with van der Waals surface area (Å²) in [4.78, 5) is 17.9. The number of aryl methyl sites for hydroxylation is 1. The van der Waals surface area contributed by atoms with E-state index in [4.69, 9.17) is 9.26 Å². The van der Waals surface area contributed by atoms with Crippen molar-refractivity contribution >= 4 is 10.8 Å². The first-order valence-electron chi connectivity index (χ1n) is 10.4. The molecule has 0 saturated carbocycles. The van der Waals surface area contributed by atoms with Gasteiger partial charge in [-0.2, -0.15) is 4.98 Å². The first-order chi connectivity index (χ1) is 15.7. The number of benzene rings is 3. The summed E-state index contributed by atoms with van der Waals surface area (Å²) >= 11 is 0. The van der Waals surface area contributed by atoms with Crippen LogP contribution in [0.2, 0.25) is 0 Å². The predicted octanol–water partition coefficient (Wildman–Crippen LogP) is 5.41. The van der Waals surface area contributed by atoms with Crippen molar-refractivity contribution in [2.75, 3.05) is 6.61 Å². The molecule has 0 unspecified atom stereocenters. The molecule has 3 aromatic carbocycles. The van der Waals surface area contributed by atoms with E-state index in [-0.39, 0.29) is 5.56 Å². The van der Waals surface area contributed by atoms with Gasteiger partial charge in [0.05, 0.1) is 17.7 Å². The Morgan fingerprint density at radius 2 is 1.72 bits per heavy atom. The molecule has 0 atom stereocenters. The van der Waals surface area contributed by atoms with Gasteiger partial charge in [0, 0.05) is 22.7 Å². The summed E-state index contributed by atoms with van der Waals surface area (Å²) in [5.74, 6) is 1.46. The van der Waals surface area contributed by atoms with Gasteiger partial charge in [-0.1, -0.05) is 47.6 Å². The predicted molar refractivity (Wildman–Crippen MR) is 124 cm³/mol. The van der Waals surface area contributed by atoms with Crippen molar-refractivity contribution in [3.63, 3.8) is 0 Å². The SMILES string of the molecule is CCOc1ccccc1-c1noc(-c2cn(-c3cccc(C)c3)c(=O)c3ccccc23)n1. The number of pyridine rings is 1. The maximum atomic E-state index is 13.2. The lowest BCUT2D eigenvalue weighted by Gasteiger charge is -2.11. The van der Waals surface area contributed by atoms with E-state index < -0.39 is 0 Å². The van der Waals surface area contributed by atoms with Crippen molar-refractivity contribution in [2.45, 2.75) is 13.8 Å². The van der Waals surface area contributed by atoms with E-state index in [1.807, 2.05) is 86.6 Å². The van der Waals surface area contributed by atoms with Gasteiger partial charge in [0.25, 0.3) is 11.4 Å². The average molecular weight is 423 g/mol. The van der Waals surface area contributed by atoms with Crippen molar-refractivity contribution in [1.82, 2.24) is 14.7 Å². The highest BCUT2D eigenvalue weighted by Gasteiger charge is 2.18. The second-order valence-electron chi connectivity index (χ2n) is 7.45. The lowest BCUT2D eigenvalue weighted by Crippen LogP contribution is -2.18. The van der Waals surface area contributed by atoms with Gasteiger partial charge >= 0.3 is 0 Å². The highest BCUT2D eigenvalue weighted by atomic mass is 16.5. The van der Waals surface area contributed by atoms with E-state index in [1.165, 1.54) is 0 Å². The molecule has 0 N–H and O–H groups in total. The van der Waals surface area contributed by atoms with Crippen LogP contribution in [-0.2, 0) is 0 Å². The van der Waals surface area contributed by atoms with Crippen LogP contribution in [0.25, 0.3) is 39.3 Å². The molecule has 0 saturated heterocycles. The molecule has 32 heavy (non-hydrogen) atoms. The molecule has 6 nitrogen and oxygen atoms in total. The van der Waals surface area contributed by atoms with Crippen LogP contribution in [0.1, 0.15) is 12.5 Å². The Kier molecular flexibility index (Phi) is 5.03. The maximum Gasteiger partial charge on any atom is 0.262 e. The minimum absolute atomic E-state index is 0.101. The van der Waals surface area contributed by atoms with E-state index in [2.05, 4.69) is 10.1 Å². The molecule has 2 heterocycles.